The number of carbonyl (C=O) groups excluding carboxylic acids is 1. The van der Waals surface area contributed by atoms with Crippen LogP contribution in [0.3, 0.4) is 0 Å². The third-order valence-corrected chi connectivity index (χ3v) is 2.75. The highest BCUT2D eigenvalue weighted by molar-refractivity contribution is 5.96. The van der Waals surface area contributed by atoms with Crippen LogP contribution < -0.4 is 10.1 Å². The minimum Gasteiger partial charge on any atom is -0.497 e. The molecule has 0 radical (unpaired) electrons. The first-order valence-electron chi connectivity index (χ1n) is 5.70. The molecule has 0 spiro atoms. The summed E-state index contributed by atoms with van der Waals surface area (Å²) >= 11 is 0. The van der Waals surface area contributed by atoms with Gasteiger partial charge in [-0.3, -0.25) is 4.79 Å². The fourth-order valence-electron chi connectivity index (χ4n) is 1.48. The predicted molar refractivity (Wildman–Crippen MR) is 68.4 cm³/mol. The average Bonchev–Trinajstić information content (AvgIpc) is 2.43. The van der Waals surface area contributed by atoms with Crippen molar-refractivity contribution in [1.82, 2.24) is 5.32 Å². The van der Waals surface area contributed by atoms with Gasteiger partial charge < -0.3 is 19.9 Å². The predicted octanol–water partition coefficient (Wildman–Crippen LogP) is 0.913. The molecule has 2 N–H and O–H groups in total. The molecule has 1 aromatic rings. The fourth-order valence-corrected chi connectivity index (χ4v) is 1.48. The van der Waals surface area contributed by atoms with E-state index < -0.39 is 24.0 Å². The summed E-state index contributed by atoms with van der Waals surface area (Å²) in [6, 6.07) is 5.28. The molecule has 0 unspecified atom stereocenters. The maximum absolute atomic E-state index is 11.9. The molecule has 1 rings (SSSR count). The SMILES string of the molecule is COc1ccc(C(=O)N[C@H](C(=O)O)[C@@H](C)OC)cc1. The number of benzene rings is 1. The summed E-state index contributed by atoms with van der Waals surface area (Å²) in [5, 5.41) is 11.5. The van der Waals surface area contributed by atoms with Gasteiger partial charge in [0, 0.05) is 12.7 Å². The van der Waals surface area contributed by atoms with E-state index >= 15 is 0 Å². The Morgan fingerprint density at radius 3 is 2.21 bits per heavy atom. The number of carboxylic acids is 1. The third kappa shape index (κ3) is 3.96. The first-order chi connectivity index (χ1) is 8.99. The maximum atomic E-state index is 11.9. The molecule has 0 saturated heterocycles. The highest BCUT2D eigenvalue weighted by atomic mass is 16.5. The van der Waals surface area contributed by atoms with E-state index in [2.05, 4.69) is 5.32 Å². The second kappa shape index (κ2) is 6.75. The molecule has 6 nitrogen and oxygen atoms in total. The third-order valence-electron chi connectivity index (χ3n) is 2.75. The largest absolute Gasteiger partial charge is 0.497 e. The summed E-state index contributed by atoms with van der Waals surface area (Å²) in [6.07, 6.45) is -0.625. The number of hydrogen-bond donors (Lipinski definition) is 2. The lowest BCUT2D eigenvalue weighted by molar-refractivity contribution is -0.142. The van der Waals surface area contributed by atoms with Crippen molar-refractivity contribution in [3.63, 3.8) is 0 Å². The molecule has 0 aliphatic heterocycles. The smallest absolute Gasteiger partial charge is 0.328 e. The van der Waals surface area contributed by atoms with Crippen LogP contribution in [0.5, 0.6) is 5.75 Å². The average molecular weight is 267 g/mol. The normalized spacial score (nSPS) is 13.4. The summed E-state index contributed by atoms with van der Waals surface area (Å²) in [5.74, 6) is -0.994. The number of carbonyl (C=O) groups is 2. The van der Waals surface area contributed by atoms with Crippen LogP contribution >= 0.6 is 0 Å². The minimum atomic E-state index is -1.14. The van der Waals surface area contributed by atoms with Gasteiger partial charge >= 0.3 is 5.97 Å². The lowest BCUT2D eigenvalue weighted by Crippen LogP contribution is -2.48. The van der Waals surface area contributed by atoms with E-state index in [0.29, 0.717) is 11.3 Å². The van der Waals surface area contributed by atoms with Gasteiger partial charge in [-0.15, -0.1) is 0 Å². The number of ether oxygens (including phenoxy) is 2. The number of aliphatic carboxylic acids is 1. The van der Waals surface area contributed by atoms with Crippen LogP contribution in [0.15, 0.2) is 24.3 Å². The zero-order valence-electron chi connectivity index (χ0n) is 11.0. The molecule has 0 aliphatic rings. The first kappa shape index (κ1) is 15.0. The Morgan fingerprint density at radius 1 is 1.21 bits per heavy atom. The summed E-state index contributed by atoms with van der Waals surface area (Å²) < 4.78 is 9.91. The second-order valence-corrected chi connectivity index (χ2v) is 3.96. The Balaban J connectivity index is 2.78. The summed E-state index contributed by atoms with van der Waals surface area (Å²) in [7, 11) is 2.91. The number of nitrogens with one attached hydrogen (secondary N) is 1. The Bertz CT molecular complexity index is 443. The molecule has 0 aliphatic carbocycles. The minimum absolute atomic E-state index is 0.357. The van der Waals surface area contributed by atoms with Gasteiger partial charge in [0.25, 0.3) is 5.91 Å². The first-order valence-corrected chi connectivity index (χ1v) is 5.70. The topological polar surface area (TPSA) is 84.9 Å². The van der Waals surface area contributed by atoms with Gasteiger partial charge in [-0.1, -0.05) is 0 Å². The van der Waals surface area contributed by atoms with E-state index in [-0.39, 0.29) is 0 Å². The monoisotopic (exact) mass is 267 g/mol. The quantitative estimate of drug-likeness (QED) is 0.800. The molecule has 19 heavy (non-hydrogen) atoms. The fraction of sp³-hybridized carbons (Fsp3) is 0.385. The molecule has 0 heterocycles. The zero-order valence-corrected chi connectivity index (χ0v) is 11.0. The lowest BCUT2D eigenvalue weighted by atomic mass is 10.1. The highest BCUT2D eigenvalue weighted by Gasteiger charge is 2.26. The molecule has 1 amide bonds. The van der Waals surface area contributed by atoms with E-state index in [4.69, 9.17) is 14.6 Å². The van der Waals surface area contributed by atoms with E-state index in [0.717, 1.165) is 0 Å². The van der Waals surface area contributed by atoms with Gasteiger partial charge in [-0.2, -0.15) is 0 Å². The number of methoxy groups -OCH3 is 2. The second-order valence-electron chi connectivity index (χ2n) is 3.96. The van der Waals surface area contributed by atoms with Gasteiger partial charge in [-0.25, -0.2) is 4.79 Å². The van der Waals surface area contributed by atoms with Crippen molar-refractivity contribution in [2.24, 2.45) is 0 Å². The van der Waals surface area contributed by atoms with Gasteiger partial charge in [0.05, 0.1) is 13.2 Å². The van der Waals surface area contributed by atoms with Crippen LogP contribution in [0.25, 0.3) is 0 Å². The van der Waals surface area contributed by atoms with Gasteiger partial charge in [0.2, 0.25) is 0 Å². The number of carboxylic acid groups (broad SMARTS) is 1. The molecule has 0 aromatic heterocycles. The van der Waals surface area contributed by atoms with Gasteiger partial charge in [-0.05, 0) is 31.2 Å². The Labute approximate surface area is 111 Å². The number of rotatable bonds is 6. The number of hydrogen-bond acceptors (Lipinski definition) is 4. The summed E-state index contributed by atoms with van der Waals surface area (Å²) in [6.45, 7) is 1.58. The van der Waals surface area contributed by atoms with Crippen LogP contribution in [-0.2, 0) is 9.53 Å². The molecular weight excluding hydrogens is 250 g/mol. The molecule has 0 saturated carbocycles. The Hall–Kier alpha value is -2.08. The van der Waals surface area contributed by atoms with Gasteiger partial charge in [0.1, 0.15) is 5.75 Å². The van der Waals surface area contributed by atoms with Crippen LogP contribution in [0.1, 0.15) is 17.3 Å². The van der Waals surface area contributed by atoms with E-state index in [1.165, 1.54) is 14.2 Å². The van der Waals surface area contributed by atoms with E-state index in [1.807, 2.05) is 0 Å². The van der Waals surface area contributed by atoms with Crippen molar-refractivity contribution >= 4 is 11.9 Å². The molecule has 2 atom stereocenters. The van der Waals surface area contributed by atoms with Gasteiger partial charge in [0.15, 0.2) is 6.04 Å². The lowest BCUT2D eigenvalue weighted by Gasteiger charge is -2.20. The van der Waals surface area contributed by atoms with Crippen molar-refractivity contribution in [3.8, 4) is 5.75 Å². The van der Waals surface area contributed by atoms with Crippen molar-refractivity contribution in [1.29, 1.82) is 0 Å². The van der Waals surface area contributed by atoms with Crippen LogP contribution in [0.4, 0.5) is 0 Å². The molecule has 0 fully saturated rings. The Kier molecular flexibility index (Phi) is 5.32. The van der Waals surface area contributed by atoms with Crippen LogP contribution in [-0.4, -0.2) is 43.3 Å². The molecule has 1 aromatic carbocycles. The number of amides is 1. The maximum Gasteiger partial charge on any atom is 0.328 e. The van der Waals surface area contributed by atoms with Crippen molar-refractivity contribution in [3.05, 3.63) is 29.8 Å². The highest BCUT2D eigenvalue weighted by Crippen LogP contribution is 2.11. The summed E-state index contributed by atoms with van der Waals surface area (Å²) in [4.78, 5) is 23.0. The van der Waals surface area contributed by atoms with Crippen LogP contribution in [0, 0.1) is 0 Å². The molecule has 6 heteroatoms. The Morgan fingerprint density at radius 2 is 1.79 bits per heavy atom. The van der Waals surface area contributed by atoms with Crippen LogP contribution in [0.2, 0.25) is 0 Å². The standard InChI is InChI=1S/C13H17NO5/c1-8(18-2)11(13(16)17)14-12(15)9-4-6-10(19-3)7-5-9/h4-8,11H,1-3H3,(H,14,15)(H,16,17)/t8-,11+/m1/s1. The molecular formula is C13H17NO5. The summed E-state index contributed by atoms with van der Waals surface area (Å²) in [5.41, 5.74) is 0.357. The van der Waals surface area contributed by atoms with Crippen molar-refractivity contribution in [2.45, 2.75) is 19.1 Å². The zero-order chi connectivity index (χ0) is 14.4. The molecule has 0 bridgehead atoms. The van der Waals surface area contributed by atoms with Crippen molar-refractivity contribution in [2.75, 3.05) is 14.2 Å². The van der Waals surface area contributed by atoms with E-state index in [9.17, 15) is 9.59 Å². The molecule has 104 valence electrons. The van der Waals surface area contributed by atoms with Crippen molar-refractivity contribution < 1.29 is 24.2 Å². The van der Waals surface area contributed by atoms with E-state index in [1.54, 1.807) is 31.2 Å².